The van der Waals surface area contributed by atoms with Gasteiger partial charge in [0.05, 0.1) is 0 Å². The number of nitrogens with zero attached hydrogens (tertiary/aromatic N) is 2. The molecule has 0 rings (SSSR count). The van der Waals surface area contributed by atoms with Crippen LogP contribution in [0.2, 0.25) is 0 Å². The summed E-state index contributed by atoms with van der Waals surface area (Å²) in [6.07, 6.45) is 1.11. The number of rotatable bonds is 3. The summed E-state index contributed by atoms with van der Waals surface area (Å²) in [5.74, 6) is 6.03. The van der Waals surface area contributed by atoms with Crippen LogP contribution in [0, 0.1) is 0 Å². The highest BCUT2D eigenvalue weighted by Gasteiger charge is 2.03. The topological polar surface area (TPSA) is 53.6 Å². The standard InChI is InChI=1S/C7H18N4/c1-4-6-11(5-2)7(9-3)10-8/h4-6,8H2,1-3H3,(H,9,10). The predicted molar refractivity (Wildman–Crippen MR) is 48.2 cm³/mol. The SMILES string of the molecule is CCCN(CC)C(=NC)NN. The zero-order chi connectivity index (χ0) is 8.69. The monoisotopic (exact) mass is 158 g/mol. The summed E-state index contributed by atoms with van der Waals surface area (Å²) < 4.78 is 0. The lowest BCUT2D eigenvalue weighted by molar-refractivity contribution is 0.423. The highest BCUT2D eigenvalue weighted by molar-refractivity contribution is 5.79. The molecule has 0 saturated heterocycles. The van der Waals surface area contributed by atoms with Crippen LogP contribution in [-0.4, -0.2) is 31.0 Å². The minimum atomic E-state index is 0.759. The van der Waals surface area contributed by atoms with Gasteiger partial charge in [0.1, 0.15) is 0 Å². The number of hydrogen-bond acceptors (Lipinski definition) is 2. The lowest BCUT2D eigenvalue weighted by Crippen LogP contribution is -2.44. The van der Waals surface area contributed by atoms with Crippen molar-refractivity contribution in [2.24, 2.45) is 10.8 Å². The molecule has 0 aliphatic carbocycles. The van der Waals surface area contributed by atoms with Crippen molar-refractivity contribution < 1.29 is 0 Å². The van der Waals surface area contributed by atoms with E-state index in [-0.39, 0.29) is 0 Å². The van der Waals surface area contributed by atoms with Gasteiger partial charge in [0.25, 0.3) is 0 Å². The smallest absolute Gasteiger partial charge is 0.208 e. The van der Waals surface area contributed by atoms with E-state index < -0.39 is 0 Å². The van der Waals surface area contributed by atoms with Gasteiger partial charge in [0.15, 0.2) is 0 Å². The quantitative estimate of drug-likeness (QED) is 0.266. The molecule has 0 heterocycles. The van der Waals surface area contributed by atoms with Gasteiger partial charge in [-0.05, 0) is 13.3 Å². The molecule has 0 bridgehead atoms. The van der Waals surface area contributed by atoms with Crippen LogP contribution in [0.15, 0.2) is 4.99 Å². The molecule has 0 unspecified atom stereocenters. The summed E-state index contributed by atoms with van der Waals surface area (Å²) in [6, 6.07) is 0. The van der Waals surface area contributed by atoms with Crippen molar-refractivity contribution in [3.05, 3.63) is 0 Å². The van der Waals surface area contributed by atoms with Crippen LogP contribution in [0.25, 0.3) is 0 Å². The molecule has 0 saturated carbocycles. The molecular weight excluding hydrogens is 140 g/mol. The summed E-state index contributed by atoms with van der Waals surface area (Å²) in [5, 5.41) is 0. The third-order valence-electron chi connectivity index (χ3n) is 1.52. The van der Waals surface area contributed by atoms with Crippen LogP contribution in [0.4, 0.5) is 0 Å². The molecule has 11 heavy (non-hydrogen) atoms. The fourth-order valence-electron chi connectivity index (χ4n) is 0.981. The number of hydrazine groups is 1. The molecule has 0 spiro atoms. The Morgan fingerprint density at radius 3 is 2.45 bits per heavy atom. The van der Waals surface area contributed by atoms with E-state index in [1.165, 1.54) is 0 Å². The Morgan fingerprint density at radius 1 is 1.55 bits per heavy atom. The van der Waals surface area contributed by atoms with E-state index in [1.807, 2.05) is 0 Å². The van der Waals surface area contributed by atoms with Crippen LogP contribution in [0.3, 0.4) is 0 Å². The summed E-state index contributed by atoms with van der Waals surface area (Å²) in [4.78, 5) is 6.10. The van der Waals surface area contributed by atoms with Crippen molar-refractivity contribution in [2.75, 3.05) is 20.1 Å². The first-order chi connectivity index (χ1) is 5.29. The van der Waals surface area contributed by atoms with Crippen LogP contribution in [0.1, 0.15) is 20.3 Å². The van der Waals surface area contributed by atoms with Crippen LogP contribution < -0.4 is 11.3 Å². The summed E-state index contributed by atoms with van der Waals surface area (Å²) >= 11 is 0. The zero-order valence-corrected chi connectivity index (χ0v) is 7.59. The molecule has 4 heteroatoms. The molecule has 0 aromatic carbocycles. The van der Waals surface area contributed by atoms with Gasteiger partial charge in [-0.25, -0.2) is 5.84 Å². The van der Waals surface area contributed by atoms with Gasteiger partial charge in [-0.3, -0.25) is 10.4 Å². The van der Waals surface area contributed by atoms with Crippen molar-refractivity contribution >= 4 is 5.96 Å². The molecule has 4 nitrogen and oxygen atoms in total. The van der Waals surface area contributed by atoms with E-state index in [1.54, 1.807) is 7.05 Å². The molecule has 3 N–H and O–H groups in total. The first-order valence-electron chi connectivity index (χ1n) is 3.98. The molecule has 0 aliphatic heterocycles. The molecule has 0 aromatic heterocycles. The first-order valence-corrected chi connectivity index (χ1v) is 3.98. The van der Waals surface area contributed by atoms with Gasteiger partial charge in [0, 0.05) is 20.1 Å². The Morgan fingerprint density at radius 2 is 2.18 bits per heavy atom. The highest BCUT2D eigenvalue weighted by Crippen LogP contribution is 1.90. The summed E-state index contributed by atoms with van der Waals surface area (Å²) in [6.45, 7) is 6.14. The lowest BCUT2D eigenvalue weighted by Gasteiger charge is -2.22. The average Bonchev–Trinajstić information content (AvgIpc) is 2.05. The Labute approximate surface area is 68.4 Å². The number of nitrogens with one attached hydrogen (secondary N) is 1. The number of aliphatic imine (C=N–C) groups is 1. The van der Waals surface area contributed by atoms with Crippen molar-refractivity contribution in [2.45, 2.75) is 20.3 Å². The maximum atomic E-state index is 5.27. The Bertz CT molecular complexity index is 122. The van der Waals surface area contributed by atoms with Crippen molar-refractivity contribution in [1.82, 2.24) is 10.3 Å². The average molecular weight is 158 g/mol. The maximum absolute atomic E-state index is 5.27. The second-order valence-electron chi connectivity index (χ2n) is 2.27. The predicted octanol–water partition coefficient (Wildman–Crippen LogP) is 0.167. The van der Waals surface area contributed by atoms with E-state index >= 15 is 0 Å². The van der Waals surface area contributed by atoms with Crippen LogP contribution in [0.5, 0.6) is 0 Å². The normalized spacial score (nSPS) is 11.5. The molecule has 0 amide bonds. The number of nitrogens with two attached hydrogens (primary N) is 1. The molecule has 0 radical (unpaired) electrons. The van der Waals surface area contributed by atoms with Crippen LogP contribution >= 0.6 is 0 Å². The second kappa shape index (κ2) is 5.97. The second-order valence-corrected chi connectivity index (χ2v) is 2.27. The third kappa shape index (κ3) is 3.23. The molecule has 0 atom stereocenters. The molecular formula is C7H18N4. The maximum Gasteiger partial charge on any atom is 0.208 e. The fraction of sp³-hybridized carbons (Fsp3) is 0.857. The van der Waals surface area contributed by atoms with Gasteiger partial charge in [-0.1, -0.05) is 6.92 Å². The van der Waals surface area contributed by atoms with Gasteiger partial charge in [0.2, 0.25) is 5.96 Å². The van der Waals surface area contributed by atoms with E-state index in [9.17, 15) is 0 Å². The first kappa shape index (κ1) is 10.2. The minimum absolute atomic E-state index is 0.759. The summed E-state index contributed by atoms with van der Waals surface area (Å²) in [7, 11) is 1.73. The summed E-state index contributed by atoms with van der Waals surface area (Å²) in [5.41, 5.74) is 2.56. The van der Waals surface area contributed by atoms with Gasteiger partial charge in [-0.2, -0.15) is 0 Å². The Kier molecular flexibility index (Phi) is 5.56. The Hall–Kier alpha value is -0.770. The minimum Gasteiger partial charge on any atom is -0.342 e. The third-order valence-corrected chi connectivity index (χ3v) is 1.52. The van der Waals surface area contributed by atoms with Crippen molar-refractivity contribution in [1.29, 1.82) is 0 Å². The highest BCUT2D eigenvalue weighted by atomic mass is 15.4. The molecule has 66 valence electrons. The number of hydrogen-bond donors (Lipinski definition) is 2. The van der Waals surface area contributed by atoms with E-state index in [4.69, 9.17) is 5.84 Å². The van der Waals surface area contributed by atoms with E-state index in [0.29, 0.717) is 0 Å². The fourth-order valence-corrected chi connectivity index (χ4v) is 0.981. The largest absolute Gasteiger partial charge is 0.342 e. The van der Waals surface area contributed by atoms with Gasteiger partial charge >= 0.3 is 0 Å². The van der Waals surface area contributed by atoms with Crippen molar-refractivity contribution in [3.63, 3.8) is 0 Å². The van der Waals surface area contributed by atoms with Crippen molar-refractivity contribution in [3.8, 4) is 0 Å². The zero-order valence-electron chi connectivity index (χ0n) is 7.59. The molecule has 0 aromatic rings. The van der Waals surface area contributed by atoms with Gasteiger partial charge in [-0.15, -0.1) is 0 Å². The molecule has 0 fully saturated rings. The van der Waals surface area contributed by atoms with E-state index in [2.05, 4.69) is 29.2 Å². The Balaban J connectivity index is 3.99. The lowest BCUT2D eigenvalue weighted by atomic mass is 10.4. The van der Waals surface area contributed by atoms with Gasteiger partial charge < -0.3 is 4.90 Å². The molecule has 0 aliphatic rings. The number of guanidine groups is 1. The van der Waals surface area contributed by atoms with Crippen LogP contribution in [-0.2, 0) is 0 Å². The van der Waals surface area contributed by atoms with E-state index in [0.717, 1.165) is 25.5 Å².